The number of carbonyl (C=O) groups excluding carboxylic acids is 1. The number of aromatic nitrogens is 3. The predicted molar refractivity (Wildman–Crippen MR) is 150 cm³/mol. The van der Waals surface area contributed by atoms with Crippen LogP contribution in [0.5, 0.6) is 11.5 Å². The van der Waals surface area contributed by atoms with Gasteiger partial charge in [-0.2, -0.15) is 0 Å². The fourth-order valence-electron chi connectivity index (χ4n) is 4.40. The number of amides is 1. The van der Waals surface area contributed by atoms with Crippen molar-refractivity contribution in [1.82, 2.24) is 14.5 Å². The van der Waals surface area contributed by atoms with Gasteiger partial charge in [0.15, 0.2) is 11.6 Å². The van der Waals surface area contributed by atoms with E-state index in [0.29, 0.717) is 28.6 Å². The van der Waals surface area contributed by atoms with E-state index in [1.807, 2.05) is 54.6 Å². The van der Waals surface area contributed by atoms with E-state index in [0.717, 1.165) is 16.3 Å². The van der Waals surface area contributed by atoms with Gasteiger partial charge in [0.1, 0.15) is 11.4 Å². The molecule has 6 aromatic rings. The molecule has 0 saturated heterocycles. The smallest absolute Gasteiger partial charge is 0.259 e. The molecule has 0 spiro atoms. The van der Waals surface area contributed by atoms with Crippen LogP contribution in [0.25, 0.3) is 27.6 Å². The lowest BCUT2D eigenvalue weighted by Gasteiger charge is -2.11. The third-order valence-electron chi connectivity index (χ3n) is 6.28. The SMILES string of the molecule is COc1ccc(NC(=O)c2cc3ccccc3c(/N=N/c3cc4ccccc4n3-c3ncccn3)c2O)cc1. The maximum atomic E-state index is 13.2. The van der Waals surface area contributed by atoms with Crippen molar-refractivity contribution in [1.29, 1.82) is 0 Å². The van der Waals surface area contributed by atoms with Crippen LogP contribution in [0.4, 0.5) is 17.2 Å². The highest BCUT2D eigenvalue weighted by Gasteiger charge is 2.19. The molecule has 0 aliphatic carbocycles. The number of fused-ring (bicyclic) bond motifs is 2. The Bertz CT molecular complexity index is 1850. The number of rotatable bonds is 6. The van der Waals surface area contributed by atoms with Gasteiger partial charge in [-0.3, -0.25) is 9.36 Å². The van der Waals surface area contributed by atoms with Gasteiger partial charge in [0, 0.05) is 28.9 Å². The number of azo groups is 1. The second kappa shape index (κ2) is 10.1. The van der Waals surface area contributed by atoms with Gasteiger partial charge in [-0.15, -0.1) is 10.2 Å². The molecule has 9 heteroatoms. The zero-order valence-corrected chi connectivity index (χ0v) is 20.8. The average Bonchev–Trinajstić information content (AvgIpc) is 3.35. The molecule has 4 aromatic carbocycles. The Hall–Kier alpha value is -5.57. The Balaban J connectivity index is 1.44. The molecule has 190 valence electrons. The van der Waals surface area contributed by atoms with Crippen molar-refractivity contribution in [2.24, 2.45) is 10.2 Å². The number of hydrogen-bond donors (Lipinski definition) is 2. The first-order valence-corrected chi connectivity index (χ1v) is 12.1. The Labute approximate surface area is 223 Å². The topological polar surface area (TPSA) is 114 Å². The highest BCUT2D eigenvalue weighted by Crippen LogP contribution is 2.40. The highest BCUT2D eigenvalue weighted by atomic mass is 16.5. The quantitative estimate of drug-likeness (QED) is 0.233. The van der Waals surface area contributed by atoms with Crippen LogP contribution in [0, 0.1) is 0 Å². The molecule has 0 bridgehead atoms. The number of aromatic hydroxyl groups is 1. The fourth-order valence-corrected chi connectivity index (χ4v) is 4.40. The monoisotopic (exact) mass is 514 g/mol. The van der Waals surface area contributed by atoms with Crippen molar-refractivity contribution in [3.05, 3.63) is 109 Å². The molecule has 1 amide bonds. The van der Waals surface area contributed by atoms with Gasteiger partial charge in [0.05, 0.1) is 18.2 Å². The summed E-state index contributed by atoms with van der Waals surface area (Å²) in [5.74, 6) is 0.824. The molecule has 0 aliphatic heterocycles. The van der Waals surface area contributed by atoms with Crippen molar-refractivity contribution in [3.8, 4) is 17.4 Å². The van der Waals surface area contributed by atoms with Gasteiger partial charge in [0.2, 0.25) is 5.95 Å². The number of hydrogen-bond acceptors (Lipinski definition) is 7. The van der Waals surface area contributed by atoms with Crippen molar-refractivity contribution < 1.29 is 14.6 Å². The molecule has 39 heavy (non-hydrogen) atoms. The standard InChI is InChI=1S/C30H22N6O3/c1-39-22-13-11-21(12-14-22)33-29(38)24-17-19-7-2-4-9-23(19)27(28(24)37)35-34-26-18-20-8-3-5-10-25(20)36(26)30-31-15-6-16-32-30/h2-18,37H,1H3,(H,33,38)/b35-34+. The number of ether oxygens (including phenoxy) is 1. The molecule has 0 aliphatic rings. The summed E-state index contributed by atoms with van der Waals surface area (Å²) in [6, 6.07) is 27.3. The Morgan fingerprint density at radius 1 is 0.872 bits per heavy atom. The third-order valence-corrected chi connectivity index (χ3v) is 6.28. The summed E-state index contributed by atoms with van der Waals surface area (Å²) in [4.78, 5) is 22.0. The van der Waals surface area contributed by atoms with Crippen LogP contribution in [-0.4, -0.2) is 32.7 Å². The highest BCUT2D eigenvalue weighted by molar-refractivity contribution is 6.11. The summed E-state index contributed by atoms with van der Waals surface area (Å²) >= 11 is 0. The molecule has 0 unspecified atom stereocenters. The number of anilines is 1. The zero-order chi connectivity index (χ0) is 26.8. The second-order valence-corrected chi connectivity index (χ2v) is 8.67. The number of phenols is 1. The molecule has 2 aromatic heterocycles. The first-order chi connectivity index (χ1) is 19.1. The van der Waals surface area contributed by atoms with E-state index in [2.05, 4.69) is 25.5 Å². The fraction of sp³-hybridized carbons (Fsp3) is 0.0333. The van der Waals surface area contributed by atoms with E-state index in [4.69, 9.17) is 4.74 Å². The molecule has 2 heterocycles. The van der Waals surface area contributed by atoms with E-state index in [1.165, 1.54) is 0 Å². The minimum Gasteiger partial charge on any atom is -0.505 e. The van der Waals surface area contributed by atoms with Crippen LogP contribution in [0.2, 0.25) is 0 Å². The largest absolute Gasteiger partial charge is 0.505 e. The number of phenolic OH excluding ortho intramolecular Hbond substituents is 1. The lowest BCUT2D eigenvalue weighted by atomic mass is 10.0. The van der Waals surface area contributed by atoms with Gasteiger partial charge >= 0.3 is 0 Å². The van der Waals surface area contributed by atoms with Crippen molar-refractivity contribution in [3.63, 3.8) is 0 Å². The number of nitrogens with one attached hydrogen (secondary N) is 1. The number of para-hydroxylation sites is 1. The Kier molecular flexibility index (Phi) is 6.14. The normalized spacial score (nSPS) is 11.3. The minimum absolute atomic E-state index is 0.0744. The van der Waals surface area contributed by atoms with Crippen LogP contribution in [0.15, 0.2) is 114 Å². The van der Waals surface area contributed by atoms with E-state index in [-0.39, 0.29) is 17.0 Å². The summed E-state index contributed by atoms with van der Waals surface area (Å²) in [5.41, 5.74) is 1.67. The summed E-state index contributed by atoms with van der Waals surface area (Å²) in [7, 11) is 1.57. The average molecular weight is 515 g/mol. The molecule has 2 N–H and O–H groups in total. The molecule has 0 fully saturated rings. The Morgan fingerprint density at radius 2 is 1.59 bits per heavy atom. The van der Waals surface area contributed by atoms with E-state index < -0.39 is 5.91 Å². The second-order valence-electron chi connectivity index (χ2n) is 8.67. The first kappa shape index (κ1) is 23.8. The summed E-state index contributed by atoms with van der Waals surface area (Å²) in [6.07, 6.45) is 3.31. The lowest BCUT2D eigenvalue weighted by Crippen LogP contribution is -2.12. The number of nitrogens with zero attached hydrogens (tertiary/aromatic N) is 5. The maximum Gasteiger partial charge on any atom is 0.259 e. The van der Waals surface area contributed by atoms with Crippen LogP contribution >= 0.6 is 0 Å². The third kappa shape index (κ3) is 4.53. The van der Waals surface area contributed by atoms with Crippen molar-refractivity contribution in [2.45, 2.75) is 0 Å². The molecule has 0 radical (unpaired) electrons. The maximum absolute atomic E-state index is 13.2. The molecule has 0 saturated carbocycles. The first-order valence-electron chi connectivity index (χ1n) is 12.1. The number of benzene rings is 4. The van der Waals surface area contributed by atoms with Gasteiger partial charge in [-0.25, -0.2) is 9.97 Å². The molecule has 9 nitrogen and oxygen atoms in total. The van der Waals surface area contributed by atoms with Crippen LogP contribution < -0.4 is 10.1 Å². The molecular formula is C30H22N6O3. The van der Waals surface area contributed by atoms with Crippen molar-refractivity contribution in [2.75, 3.05) is 12.4 Å². The van der Waals surface area contributed by atoms with Crippen LogP contribution in [0.1, 0.15) is 10.4 Å². The summed E-state index contributed by atoms with van der Waals surface area (Å²) in [5, 5.41) is 25.4. The van der Waals surface area contributed by atoms with Gasteiger partial charge in [-0.05, 0) is 53.9 Å². The van der Waals surface area contributed by atoms with Gasteiger partial charge < -0.3 is 15.2 Å². The molecule has 6 rings (SSSR count). The van der Waals surface area contributed by atoms with E-state index in [9.17, 15) is 9.90 Å². The number of carbonyl (C=O) groups is 1. The van der Waals surface area contributed by atoms with Gasteiger partial charge in [-0.1, -0.05) is 42.5 Å². The van der Waals surface area contributed by atoms with Crippen molar-refractivity contribution >= 4 is 44.8 Å². The van der Waals surface area contributed by atoms with Crippen LogP contribution in [0.3, 0.4) is 0 Å². The van der Waals surface area contributed by atoms with Gasteiger partial charge in [0.25, 0.3) is 5.91 Å². The minimum atomic E-state index is -0.480. The Morgan fingerprint density at radius 3 is 2.36 bits per heavy atom. The van der Waals surface area contributed by atoms with E-state index >= 15 is 0 Å². The van der Waals surface area contributed by atoms with E-state index in [1.54, 1.807) is 60.5 Å². The van der Waals surface area contributed by atoms with Crippen LogP contribution in [-0.2, 0) is 0 Å². The zero-order valence-electron chi connectivity index (χ0n) is 20.8. The summed E-state index contributed by atoms with van der Waals surface area (Å²) in [6.45, 7) is 0. The summed E-state index contributed by atoms with van der Waals surface area (Å²) < 4.78 is 6.97. The lowest BCUT2D eigenvalue weighted by molar-refractivity contribution is 0.102. The molecule has 0 atom stereocenters. The molecular weight excluding hydrogens is 492 g/mol. The number of methoxy groups -OCH3 is 1. The predicted octanol–water partition coefficient (Wildman–Crippen LogP) is 6.96.